The molecule has 0 spiro atoms. The van der Waals surface area contributed by atoms with Gasteiger partial charge in [-0.15, -0.1) is 23.2 Å². The normalized spacial score (nSPS) is 27.3. The number of alkyl halides is 2. The molecule has 0 bridgehead atoms. The third-order valence-electron chi connectivity index (χ3n) is 4.71. The largest absolute Gasteiger partial charge is 0.346 e. The molecule has 0 aromatic carbocycles. The highest BCUT2D eigenvalue weighted by Crippen LogP contribution is 2.60. The van der Waals surface area contributed by atoms with Gasteiger partial charge in [0, 0.05) is 49.0 Å². The van der Waals surface area contributed by atoms with E-state index in [1.54, 1.807) is 4.67 Å². The Morgan fingerprint density at radius 3 is 1.96 bits per heavy atom. The molecule has 9 heteroatoms. The van der Waals surface area contributed by atoms with Crippen LogP contribution in [0.1, 0.15) is 40.5 Å². The van der Waals surface area contributed by atoms with Crippen LogP contribution in [-0.2, 0) is 9.09 Å². The van der Waals surface area contributed by atoms with Crippen molar-refractivity contribution in [1.29, 1.82) is 0 Å². The second kappa shape index (κ2) is 7.69. The van der Waals surface area contributed by atoms with Crippen molar-refractivity contribution in [1.82, 2.24) is 14.4 Å². The lowest BCUT2D eigenvalue weighted by atomic mass is 9.80. The number of hydrogen-bond acceptors (Lipinski definition) is 4. The maximum Gasteiger partial charge on any atom is 0.346 e. The Hall–Kier alpha value is 0.610. The summed E-state index contributed by atoms with van der Waals surface area (Å²) < 4.78 is 23.6. The molecule has 2 heterocycles. The van der Waals surface area contributed by atoms with E-state index in [2.05, 4.69) is 0 Å². The molecule has 2 rings (SSSR count). The van der Waals surface area contributed by atoms with Crippen LogP contribution in [0.15, 0.2) is 0 Å². The van der Waals surface area contributed by atoms with Gasteiger partial charge in [-0.05, 0) is 40.5 Å². The minimum atomic E-state index is -3.13. The Morgan fingerprint density at radius 1 is 1.12 bits per heavy atom. The lowest BCUT2D eigenvalue weighted by Crippen LogP contribution is -2.60. The first-order valence-electron chi connectivity index (χ1n) is 8.47. The Bertz CT molecular complexity index is 465. The summed E-state index contributed by atoms with van der Waals surface area (Å²) >= 11 is 11.8. The molecule has 2 aliphatic heterocycles. The van der Waals surface area contributed by atoms with Crippen molar-refractivity contribution < 1.29 is 14.3 Å². The number of hydroxylamine groups is 2. The van der Waals surface area contributed by atoms with Crippen LogP contribution in [0.5, 0.6) is 0 Å². The summed E-state index contributed by atoms with van der Waals surface area (Å²) in [5, 5.41) is 11.8. The van der Waals surface area contributed by atoms with Crippen molar-refractivity contribution in [3.63, 3.8) is 0 Å². The average Bonchev–Trinajstić information content (AvgIpc) is 3.28. The molecule has 0 aromatic rings. The van der Waals surface area contributed by atoms with Crippen LogP contribution in [0.3, 0.4) is 0 Å². The van der Waals surface area contributed by atoms with E-state index in [4.69, 9.17) is 27.7 Å². The predicted octanol–water partition coefficient (Wildman–Crippen LogP) is 3.62. The van der Waals surface area contributed by atoms with Crippen molar-refractivity contribution in [2.24, 2.45) is 0 Å². The van der Waals surface area contributed by atoms with E-state index < -0.39 is 18.7 Å². The molecule has 1 unspecified atom stereocenters. The number of piperidine rings is 1. The maximum atomic E-state index is 13.7. The molecule has 0 radical (unpaired) electrons. The zero-order valence-corrected chi connectivity index (χ0v) is 17.4. The molecule has 1 N–H and O–H groups in total. The van der Waals surface area contributed by atoms with E-state index in [1.165, 1.54) is 5.06 Å². The zero-order valence-electron chi connectivity index (χ0n) is 15.0. The Balaban J connectivity index is 2.20. The van der Waals surface area contributed by atoms with Crippen molar-refractivity contribution in [3.05, 3.63) is 0 Å². The van der Waals surface area contributed by atoms with Gasteiger partial charge >= 0.3 is 7.67 Å². The first-order valence-corrected chi connectivity index (χ1v) is 11.1. The van der Waals surface area contributed by atoms with Crippen molar-refractivity contribution in [2.75, 3.05) is 37.9 Å². The van der Waals surface area contributed by atoms with E-state index in [9.17, 15) is 9.77 Å². The van der Waals surface area contributed by atoms with Crippen LogP contribution in [0.4, 0.5) is 0 Å². The molecular formula is C15H30Cl2N3O3P. The lowest BCUT2D eigenvalue weighted by Gasteiger charge is -2.51. The fourth-order valence-corrected chi connectivity index (χ4v) is 6.72. The minimum Gasteiger partial charge on any atom is -0.313 e. The van der Waals surface area contributed by atoms with Crippen molar-refractivity contribution >= 4 is 30.9 Å². The molecular weight excluding hydrogens is 372 g/mol. The maximum absolute atomic E-state index is 13.7. The van der Waals surface area contributed by atoms with Gasteiger partial charge in [0.25, 0.3) is 0 Å². The van der Waals surface area contributed by atoms with Gasteiger partial charge in [0.05, 0.1) is 6.10 Å². The lowest BCUT2D eigenvalue weighted by molar-refractivity contribution is -0.255. The van der Waals surface area contributed by atoms with Crippen LogP contribution in [-0.4, -0.2) is 74.7 Å². The fraction of sp³-hybridized carbons (Fsp3) is 1.00. The third kappa shape index (κ3) is 4.47. The monoisotopic (exact) mass is 401 g/mol. The van der Waals surface area contributed by atoms with Crippen LogP contribution in [0.2, 0.25) is 0 Å². The van der Waals surface area contributed by atoms with Gasteiger partial charge in [-0.25, -0.2) is 9.34 Å². The highest BCUT2D eigenvalue weighted by Gasteiger charge is 2.51. The molecule has 0 aliphatic carbocycles. The molecule has 0 amide bonds. The number of nitrogens with zero attached hydrogens (tertiary/aromatic N) is 3. The fourth-order valence-electron chi connectivity index (χ4n) is 3.62. The first kappa shape index (κ1) is 20.9. The second-order valence-electron chi connectivity index (χ2n) is 7.85. The Labute approximate surface area is 155 Å². The minimum absolute atomic E-state index is 0.196. The Kier molecular flexibility index (Phi) is 6.70. The summed E-state index contributed by atoms with van der Waals surface area (Å²) in [4.78, 5) is 0. The summed E-state index contributed by atoms with van der Waals surface area (Å²) in [7, 11) is -3.13. The summed E-state index contributed by atoms with van der Waals surface area (Å²) in [5.74, 6) is 0.758. The number of rotatable bonds is 8. The molecule has 142 valence electrons. The molecule has 0 saturated carbocycles. The van der Waals surface area contributed by atoms with Gasteiger partial charge in [0.1, 0.15) is 0 Å². The highest BCUT2D eigenvalue weighted by atomic mass is 35.5. The smallest absolute Gasteiger partial charge is 0.313 e. The van der Waals surface area contributed by atoms with Gasteiger partial charge in [-0.3, -0.25) is 4.57 Å². The van der Waals surface area contributed by atoms with E-state index in [0.29, 0.717) is 37.7 Å². The molecule has 2 aliphatic rings. The molecule has 6 nitrogen and oxygen atoms in total. The predicted molar refractivity (Wildman–Crippen MR) is 98.1 cm³/mol. The summed E-state index contributed by atoms with van der Waals surface area (Å²) in [6.07, 6.45) is 1.03. The van der Waals surface area contributed by atoms with E-state index in [0.717, 1.165) is 13.1 Å². The quantitative estimate of drug-likeness (QED) is 0.380. The standard InChI is InChI=1S/C15H30Cl2N3O3P/c1-14(2)11-13(12-15(3,4)20(14)21)23-24(22,19-9-10-19)18(7-5-16)8-6-17/h13,21H,5-12H2,1-4H3. The summed E-state index contributed by atoms with van der Waals surface area (Å²) in [6.45, 7) is 10.4. The van der Waals surface area contributed by atoms with Crippen LogP contribution in [0, 0.1) is 0 Å². The molecule has 0 aromatic heterocycles. The average molecular weight is 402 g/mol. The van der Waals surface area contributed by atoms with Crippen LogP contribution < -0.4 is 0 Å². The highest BCUT2D eigenvalue weighted by molar-refractivity contribution is 7.54. The topological polar surface area (TPSA) is 56.0 Å². The van der Waals surface area contributed by atoms with Gasteiger partial charge in [-0.2, -0.15) is 5.06 Å². The SMILES string of the molecule is CC1(C)CC(OP(=O)(N(CCCl)CCCl)N2CC2)CC(C)(C)N1O. The second-order valence-corrected chi connectivity index (χ2v) is 10.9. The molecule has 2 saturated heterocycles. The van der Waals surface area contributed by atoms with Crippen molar-refractivity contribution in [3.8, 4) is 0 Å². The summed E-state index contributed by atoms with van der Waals surface area (Å²) in [5.41, 5.74) is -0.889. The molecule has 1 atom stereocenters. The van der Waals surface area contributed by atoms with Gasteiger partial charge in [0.2, 0.25) is 0 Å². The number of hydrogen-bond donors (Lipinski definition) is 1. The van der Waals surface area contributed by atoms with Crippen LogP contribution >= 0.6 is 30.9 Å². The zero-order chi connectivity index (χ0) is 18.2. The van der Waals surface area contributed by atoms with E-state index in [-0.39, 0.29) is 6.10 Å². The molecule has 2 fully saturated rings. The van der Waals surface area contributed by atoms with Gasteiger partial charge < -0.3 is 9.73 Å². The number of halogens is 2. The first-order chi connectivity index (χ1) is 11.1. The van der Waals surface area contributed by atoms with Crippen LogP contribution in [0.25, 0.3) is 0 Å². The Morgan fingerprint density at radius 2 is 1.58 bits per heavy atom. The molecule has 24 heavy (non-hydrogen) atoms. The van der Waals surface area contributed by atoms with E-state index >= 15 is 0 Å². The van der Waals surface area contributed by atoms with Gasteiger partial charge in [-0.1, -0.05) is 0 Å². The summed E-state index contributed by atoms with van der Waals surface area (Å²) in [6, 6.07) is 0. The third-order valence-corrected chi connectivity index (χ3v) is 7.85. The van der Waals surface area contributed by atoms with Gasteiger partial charge in [0.15, 0.2) is 0 Å². The van der Waals surface area contributed by atoms with E-state index in [1.807, 2.05) is 32.4 Å². The van der Waals surface area contributed by atoms with Crippen molar-refractivity contribution in [2.45, 2.75) is 57.7 Å².